The van der Waals surface area contributed by atoms with Gasteiger partial charge in [0.25, 0.3) is 5.91 Å². The summed E-state index contributed by atoms with van der Waals surface area (Å²) in [6.07, 6.45) is 0.728. The van der Waals surface area contributed by atoms with Crippen molar-refractivity contribution in [3.8, 4) is 0 Å². The Morgan fingerprint density at radius 3 is 2.57 bits per heavy atom. The fourth-order valence-electron chi connectivity index (χ4n) is 1.93. The maximum Gasteiger partial charge on any atom is 0.338 e. The van der Waals surface area contributed by atoms with Crippen LogP contribution in [0.15, 0.2) is 18.2 Å². The maximum atomic E-state index is 11.9. The Kier molecular flexibility index (Phi) is 7.80. The highest BCUT2D eigenvalue weighted by molar-refractivity contribution is 5.93. The molecular formula is C17H23NO5. The van der Waals surface area contributed by atoms with Gasteiger partial charge in [-0.15, -0.1) is 0 Å². The molecule has 6 nitrogen and oxygen atoms in total. The molecule has 1 N–H and O–H groups in total. The molecule has 0 heterocycles. The molecule has 0 fully saturated rings. The molecule has 1 rings (SSSR count). The molecule has 1 aromatic carbocycles. The second kappa shape index (κ2) is 9.61. The van der Waals surface area contributed by atoms with Gasteiger partial charge < -0.3 is 14.8 Å². The molecule has 0 saturated heterocycles. The van der Waals surface area contributed by atoms with E-state index >= 15 is 0 Å². The SMILES string of the molecule is CCOC(=O)CCCNC(=O)COC(=O)c1cccc(C)c1C. The molecule has 1 aromatic rings. The number of carbonyl (C=O) groups excluding carboxylic acids is 3. The van der Waals surface area contributed by atoms with Crippen LogP contribution in [-0.4, -0.2) is 37.6 Å². The fraction of sp³-hybridized carbons (Fsp3) is 0.471. The van der Waals surface area contributed by atoms with Gasteiger partial charge in [-0.3, -0.25) is 9.59 Å². The van der Waals surface area contributed by atoms with Crippen LogP contribution in [0.4, 0.5) is 0 Å². The maximum absolute atomic E-state index is 11.9. The summed E-state index contributed by atoms with van der Waals surface area (Å²) in [6.45, 7) is 5.82. The lowest BCUT2D eigenvalue weighted by Gasteiger charge is -2.09. The van der Waals surface area contributed by atoms with Gasteiger partial charge in [-0.05, 0) is 44.4 Å². The average molecular weight is 321 g/mol. The number of aryl methyl sites for hydroxylation is 1. The summed E-state index contributed by atoms with van der Waals surface area (Å²) >= 11 is 0. The van der Waals surface area contributed by atoms with Crippen molar-refractivity contribution in [2.45, 2.75) is 33.6 Å². The van der Waals surface area contributed by atoms with Crippen LogP contribution < -0.4 is 5.32 Å². The van der Waals surface area contributed by atoms with Crippen LogP contribution in [0.3, 0.4) is 0 Å². The van der Waals surface area contributed by atoms with E-state index in [0.29, 0.717) is 25.1 Å². The summed E-state index contributed by atoms with van der Waals surface area (Å²) in [5, 5.41) is 2.59. The minimum atomic E-state index is -0.520. The summed E-state index contributed by atoms with van der Waals surface area (Å²) in [5.74, 6) is -1.21. The Morgan fingerprint density at radius 2 is 1.87 bits per heavy atom. The van der Waals surface area contributed by atoms with Gasteiger partial charge in [-0.25, -0.2) is 4.79 Å². The number of rotatable bonds is 8. The number of benzene rings is 1. The van der Waals surface area contributed by atoms with Crippen molar-refractivity contribution in [2.75, 3.05) is 19.8 Å². The molecule has 0 aliphatic heterocycles. The van der Waals surface area contributed by atoms with Crippen molar-refractivity contribution in [3.63, 3.8) is 0 Å². The van der Waals surface area contributed by atoms with Gasteiger partial charge in [0.2, 0.25) is 0 Å². The summed E-state index contributed by atoms with van der Waals surface area (Å²) in [7, 11) is 0. The normalized spacial score (nSPS) is 10.0. The molecule has 0 atom stereocenters. The summed E-state index contributed by atoms with van der Waals surface area (Å²) in [4.78, 5) is 34.7. The summed E-state index contributed by atoms with van der Waals surface area (Å²) < 4.78 is 9.78. The molecular weight excluding hydrogens is 298 g/mol. The highest BCUT2D eigenvalue weighted by Crippen LogP contribution is 2.13. The lowest BCUT2D eigenvalue weighted by molar-refractivity contribution is -0.143. The fourth-order valence-corrected chi connectivity index (χ4v) is 1.93. The van der Waals surface area contributed by atoms with E-state index in [2.05, 4.69) is 5.32 Å². The number of ether oxygens (including phenoxy) is 2. The van der Waals surface area contributed by atoms with E-state index in [1.807, 2.05) is 19.9 Å². The van der Waals surface area contributed by atoms with Crippen LogP contribution >= 0.6 is 0 Å². The zero-order valence-electron chi connectivity index (χ0n) is 13.8. The monoisotopic (exact) mass is 321 g/mol. The first-order valence-corrected chi connectivity index (χ1v) is 7.61. The van der Waals surface area contributed by atoms with Crippen molar-refractivity contribution in [1.82, 2.24) is 5.32 Å². The molecule has 0 aliphatic carbocycles. The van der Waals surface area contributed by atoms with Gasteiger partial charge in [0.1, 0.15) is 0 Å². The first-order valence-electron chi connectivity index (χ1n) is 7.61. The van der Waals surface area contributed by atoms with E-state index < -0.39 is 11.9 Å². The van der Waals surface area contributed by atoms with Gasteiger partial charge in [-0.2, -0.15) is 0 Å². The van der Waals surface area contributed by atoms with Crippen LogP contribution in [0, 0.1) is 13.8 Å². The van der Waals surface area contributed by atoms with Crippen molar-refractivity contribution in [3.05, 3.63) is 34.9 Å². The molecule has 0 aliphatic rings. The standard InChI is InChI=1S/C17H23NO5/c1-4-22-16(20)9-6-10-18-15(19)11-23-17(21)14-8-5-7-12(2)13(14)3/h5,7-8H,4,6,9-11H2,1-3H3,(H,18,19). The number of amides is 1. The molecule has 23 heavy (non-hydrogen) atoms. The Morgan fingerprint density at radius 1 is 1.13 bits per heavy atom. The first kappa shape index (κ1) is 18.7. The summed E-state index contributed by atoms with van der Waals surface area (Å²) in [5.41, 5.74) is 2.29. The predicted octanol–water partition coefficient (Wildman–Crippen LogP) is 1.92. The number of hydrogen-bond acceptors (Lipinski definition) is 5. The third-order valence-electron chi connectivity index (χ3n) is 3.34. The smallest absolute Gasteiger partial charge is 0.338 e. The highest BCUT2D eigenvalue weighted by Gasteiger charge is 2.13. The van der Waals surface area contributed by atoms with E-state index in [-0.39, 0.29) is 19.0 Å². The zero-order chi connectivity index (χ0) is 17.2. The molecule has 0 aromatic heterocycles. The molecule has 0 bridgehead atoms. The van der Waals surface area contributed by atoms with Gasteiger partial charge in [0, 0.05) is 13.0 Å². The highest BCUT2D eigenvalue weighted by atomic mass is 16.5. The third-order valence-corrected chi connectivity index (χ3v) is 3.34. The van der Waals surface area contributed by atoms with Gasteiger partial charge in [0.05, 0.1) is 12.2 Å². The number of esters is 2. The second-order valence-electron chi connectivity index (χ2n) is 5.08. The predicted molar refractivity (Wildman–Crippen MR) is 85.1 cm³/mol. The van der Waals surface area contributed by atoms with E-state index in [1.54, 1.807) is 19.1 Å². The van der Waals surface area contributed by atoms with Crippen molar-refractivity contribution in [2.24, 2.45) is 0 Å². The van der Waals surface area contributed by atoms with E-state index in [0.717, 1.165) is 11.1 Å². The van der Waals surface area contributed by atoms with Gasteiger partial charge in [-0.1, -0.05) is 12.1 Å². The van der Waals surface area contributed by atoms with E-state index in [4.69, 9.17) is 9.47 Å². The second-order valence-corrected chi connectivity index (χ2v) is 5.08. The Labute approximate surface area is 136 Å². The van der Waals surface area contributed by atoms with Crippen LogP contribution in [0.2, 0.25) is 0 Å². The Bertz CT molecular complexity index is 568. The van der Waals surface area contributed by atoms with Crippen LogP contribution in [0.1, 0.15) is 41.3 Å². The molecule has 126 valence electrons. The van der Waals surface area contributed by atoms with Crippen molar-refractivity contribution in [1.29, 1.82) is 0 Å². The molecule has 6 heteroatoms. The molecule has 1 amide bonds. The summed E-state index contributed by atoms with van der Waals surface area (Å²) in [6, 6.07) is 5.35. The van der Waals surface area contributed by atoms with Crippen LogP contribution in [0.25, 0.3) is 0 Å². The lowest BCUT2D eigenvalue weighted by Crippen LogP contribution is -2.30. The lowest BCUT2D eigenvalue weighted by atomic mass is 10.0. The van der Waals surface area contributed by atoms with Crippen LogP contribution in [0.5, 0.6) is 0 Å². The minimum absolute atomic E-state index is 0.246. The van der Waals surface area contributed by atoms with Crippen molar-refractivity contribution < 1.29 is 23.9 Å². The number of nitrogens with one attached hydrogen (secondary N) is 1. The van der Waals surface area contributed by atoms with Crippen LogP contribution in [-0.2, 0) is 19.1 Å². The topological polar surface area (TPSA) is 81.7 Å². The van der Waals surface area contributed by atoms with E-state index in [1.165, 1.54) is 0 Å². The largest absolute Gasteiger partial charge is 0.466 e. The number of carbonyl (C=O) groups is 3. The third kappa shape index (κ3) is 6.50. The first-order chi connectivity index (χ1) is 11.0. The average Bonchev–Trinajstić information content (AvgIpc) is 2.52. The number of hydrogen-bond donors (Lipinski definition) is 1. The molecule has 0 unspecified atom stereocenters. The quantitative estimate of drug-likeness (QED) is 0.584. The Balaban J connectivity index is 2.29. The Hall–Kier alpha value is -2.37. The van der Waals surface area contributed by atoms with Gasteiger partial charge in [0.15, 0.2) is 6.61 Å². The molecule has 0 spiro atoms. The minimum Gasteiger partial charge on any atom is -0.466 e. The van der Waals surface area contributed by atoms with Gasteiger partial charge >= 0.3 is 11.9 Å². The van der Waals surface area contributed by atoms with Crippen molar-refractivity contribution >= 4 is 17.8 Å². The molecule has 0 radical (unpaired) electrons. The molecule has 0 saturated carbocycles. The van der Waals surface area contributed by atoms with E-state index in [9.17, 15) is 14.4 Å². The zero-order valence-corrected chi connectivity index (χ0v) is 13.8.